The number of hydrogen-bond acceptors (Lipinski definition) is 4. The standard InChI is InChI=1S/C13H20N2O3S/c1-13(2)10-18-11(8-14)9-15(13)19(16,17)12-6-4-3-5-7-12/h3-7,11H,8-10,14H2,1-2H3. The van der Waals surface area contributed by atoms with E-state index in [2.05, 4.69) is 0 Å². The molecule has 0 spiro atoms. The van der Waals surface area contributed by atoms with E-state index in [-0.39, 0.29) is 6.10 Å². The number of sulfonamides is 1. The van der Waals surface area contributed by atoms with Crippen molar-refractivity contribution in [3.63, 3.8) is 0 Å². The Morgan fingerprint density at radius 2 is 2.00 bits per heavy atom. The summed E-state index contributed by atoms with van der Waals surface area (Å²) in [7, 11) is -3.51. The predicted octanol–water partition coefficient (Wildman–Crippen LogP) is 0.813. The third kappa shape index (κ3) is 2.81. The Morgan fingerprint density at radius 3 is 2.58 bits per heavy atom. The largest absolute Gasteiger partial charge is 0.374 e. The van der Waals surface area contributed by atoms with Crippen LogP contribution in [-0.2, 0) is 14.8 Å². The van der Waals surface area contributed by atoms with E-state index in [1.165, 1.54) is 4.31 Å². The second kappa shape index (κ2) is 5.20. The Kier molecular flexibility index (Phi) is 3.96. The molecule has 1 aromatic rings. The van der Waals surface area contributed by atoms with E-state index in [0.29, 0.717) is 24.6 Å². The molecular weight excluding hydrogens is 264 g/mol. The molecule has 5 nitrogen and oxygen atoms in total. The van der Waals surface area contributed by atoms with Gasteiger partial charge in [-0.05, 0) is 26.0 Å². The van der Waals surface area contributed by atoms with E-state index in [1.807, 2.05) is 13.8 Å². The summed E-state index contributed by atoms with van der Waals surface area (Å²) in [4.78, 5) is 0.306. The van der Waals surface area contributed by atoms with Crippen molar-refractivity contribution in [3.8, 4) is 0 Å². The highest BCUT2D eigenvalue weighted by Gasteiger charge is 2.42. The van der Waals surface area contributed by atoms with E-state index in [9.17, 15) is 8.42 Å². The number of benzene rings is 1. The van der Waals surface area contributed by atoms with Gasteiger partial charge in [0.1, 0.15) is 0 Å². The van der Waals surface area contributed by atoms with E-state index in [1.54, 1.807) is 30.3 Å². The lowest BCUT2D eigenvalue weighted by atomic mass is 10.0. The first-order valence-electron chi connectivity index (χ1n) is 6.27. The lowest BCUT2D eigenvalue weighted by Gasteiger charge is -2.43. The Bertz CT molecular complexity index is 528. The maximum absolute atomic E-state index is 12.7. The van der Waals surface area contributed by atoms with Crippen molar-refractivity contribution in [2.75, 3.05) is 19.7 Å². The number of nitrogens with zero attached hydrogens (tertiary/aromatic N) is 1. The van der Waals surface area contributed by atoms with Crippen LogP contribution in [0.15, 0.2) is 35.2 Å². The van der Waals surface area contributed by atoms with Crippen molar-refractivity contribution in [1.82, 2.24) is 4.31 Å². The van der Waals surface area contributed by atoms with Crippen molar-refractivity contribution >= 4 is 10.0 Å². The van der Waals surface area contributed by atoms with Crippen molar-refractivity contribution in [3.05, 3.63) is 30.3 Å². The van der Waals surface area contributed by atoms with Crippen LogP contribution in [0.1, 0.15) is 13.8 Å². The first-order chi connectivity index (χ1) is 8.88. The van der Waals surface area contributed by atoms with Gasteiger partial charge in [-0.15, -0.1) is 0 Å². The fraction of sp³-hybridized carbons (Fsp3) is 0.538. The number of rotatable bonds is 3. The van der Waals surface area contributed by atoms with Crippen LogP contribution in [-0.4, -0.2) is 44.1 Å². The van der Waals surface area contributed by atoms with Gasteiger partial charge in [-0.3, -0.25) is 0 Å². The SMILES string of the molecule is CC1(C)COC(CN)CN1S(=O)(=O)c1ccccc1. The van der Waals surface area contributed by atoms with Crippen molar-refractivity contribution in [2.24, 2.45) is 5.73 Å². The molecule has 0 saturated carbocycles. The molecule has 1 atom stereocenters. The van der Waals surface area contributed by atoms with Gasteiger partial charge in [0.15, 0.2) is 0 Å². The molecule has 0 amide bonds. The van der Waals surface area contributed by atoms with Crippen LogP contribution in [0.5, 0.6) is 0 Å². The molecular formula is C13H20N2O3S. The molecule has 2 rings (SSSR count). The van der Waals surface area contributed by atoms with Gasteiger partial charge in [-0.2, -0.15) is 4.31 Å². The molecule has 0 aliphatic carbocycles. The summed E-state index contributed by atoms with van der Waals surface area (Å²) >= 11 is 0. The number of morpholine rings is 1. The van der Waals surface area contributed by atoms with Crippen molar-refractivity contribution < 1.29 is 13.2 Å². The van der Waals surface area contributed by atoms with Crippen LogP contribution in [0.3, 0.4) is 0 Å². The summed E-state index contributed by atoms with van der Waals surface area (Å²) in [6.45, 7) is 4.68. The molecule has 2 N–H and O–H groups in total. The maximum atomic E-state index is 12.7. The maximum Gasteiger partial charge on any atom is 0.243 e. The Labute approximate surface area is 114 Å². The summed E-state index contributed by atoms with van der Waals surface area (Å²) in [5, 5.41) is 0. The summed E-state index contributed by atoms with van der Waals surface area (Å²) in [6, 6.07) is 8.46. The molecule has 0 radical (unpaired) electrons. The second-order valence-electron chi connectivity index (χ2n) is 5.33. The molecule has 19 heavy (non-hydrogen) atoms. The Hall–Kier alpha value is -0.950. The molecule has 0 aromatic heterocycles. The topological polar surface area (TPSA) is 72.6 Å². The van der Waals surface area contributed by atoms with E-state index in [4.69, 9.17) is 10.5 Å². The van der Waals surface area contributed by atoms with Crippen LogP contribution in [0.4, 0.5) is 0 Å². The lowest BCUT2D eigenvalue weighted by Crippen LogP contribution is -2.59. The van der Waals surface area contributed by atoms with Gasteiger partial charge in [0.2, 0.25) is 10.0 Å². The van der Waals surface area contributed by atoms with Gasteiger partial charge in [-0.1, -0.05) is 18.2 Å². The molecule has 0 bridgehead atoms. The first-order valence-corrected chi connectivity index (χ1v) is 7.71. The molecule has 106 valence electrons. The zero-order valence-corrected chi connectivity index (χ0v) is 12.1. The molecule has 1 fully saturated rings. The summed E-state index contributed by atoms with van der Waals surface area (Å²) in [5.41, 5.74) is 5.02. The molecule has 1 aliphatic heterocycles. The second-order valence-corrected chi connectivity index (χ2v) is 7.19. The highest BCUT2D eigenvalue weighted by atomic mass is 32.2. The average Bonchev–Trinajstić information content (AvgIpc) is 2.39. The summed E-state index contributed by atoms with van der Waals surface area (Å²) < 4.78 is 32.5. The quantitative estimate of drug-likeness (QED) is 0.891. The zero-order chi connectivity index (χ0) is 14.1. The Morgan fingerprint density at radius 1 is 1.37 bits per heavy atom. The van der Waals surface area contributed by atoms with Crippen molar-refractivity contribution in [2.45, 2.75) is 30.4 Å². The van der Waals surface area contributed by atoms with E-state index in [0.717, 1.165) is 0 Å². The lowest BCUT2D eigenvalue weighted by molar-refractivity contribution is -0.0590. The molecule has 1 heterocycles. The minimum absolute atomic E-state index is 0.244. The molecule has 1 saturated heterocycles. The minimum Gasteiger partial charge on any atom is -0.374 e. The highest BCUT2D eigenvalue weighted by Crippen LogP contribution is 2.28. The van der Waals surface area contributed by atoms with Crippen LogP contribution in [0.25, 0.3) is 0 Å². The number of hydrogen-bond donors (Lipinski definition) is 1. The Balaban J connectivity index is 2.37. The van der Waals surface area contributed by atoms with Crippen molar-refractivity contribution in [1.29, 1.82) is 0 Å². The fourth-order valence-electron chi connectivity index (χ4n) is 2.16. The highest BCUT2D eigenvalue weighted by molar-refractivity contribution is 7.89. The van der Waals surface area contributed by atoms with E-state index < -0.39 is 15.6 Å². The van der Waals surface area contributed by atoms with Gasteiger partial charge in [0, 0.05) is 13.1 Å². The molecule has 1 aromatic carbocycles. The molecule has 1 unspecified atom stereocenters. The number of ether oxygens (including phenoxy) is 1. The van der Waals surface area contributed by atoms with Gasteiger partial charge < -0.3 is 10.5 Å². The summed E-state index contributed by atoms with van der Waals surface area (Å²) in [6.07, 6.45) is -0.244. The van der Waals surface area contributed by atoms with Crippen LogP contribution >= 0.6 is 0 Å². The third-order valence-corrected chi connectivity index (χ3v) is 5.40. The number of nitrogens with two attached hydrogens (primary N) is 1. The first kappa shape index (κ1) is 14.5. The third-order valence-electron chi connectivity index (χ3n) is 3.31. The van der Waals surface area contributed by atoms with Gasteiger partial charge in [-0.25, -0.2) is 8.42 Å². The van der Waals surface area contributed by atoms with Crippen LogP contribution < -0.4 is 5.73 Å². The van der Waals surface area contributed by atoms with Crippen LogP contribution in [0.2, 0.25) is 0 Å². The molecule has 1 aliphatic rings. The van der Waals surface area contributed by atoms with E-state index >= 15 is 0 Å². The van der Waals surface area contributed by atoms with Crippen LogP contribution in [0, 0.1) is 0 Å². The molecule has 6 heteroatoms. The minimum atomic E-state index is -3.51. The normalized spacial score (nSPS) is 24.3. The van der Waals surface area contributed by atoms with Gasteiger partial charge >= 0.3 is 0 Å². The smallest absolute Gasteiger partial charge is 0.243 e. The summed E-state index contributed by atoms with van der Waals surface area (Å²) in [5.74, 6) is 0. The van der Waals surface area contributed by atoms with Gasteiger partial charge in [0.05, 0.1) is 23.1 Å². The van der Waals surface area contributed by atoms with Gasteiger partial charge in [0.25, 0.3) is 0 Å². The monoisotopic (exact) mass is 284 g/mol. The predicted molar refractivity (Wildman–Crippen MR) is 73.2 cm³/mol. The average molecular weight is 284 g/mol. The fourth-order valence-corrected chi connectivity index (χ4v) is 3.99. The zero-order valence-electron chi connectivity index (χ0n) is 11.2.